The Morgan fingerprint density at radius 1 is 1.21 bits per heavy atom. The Bertz CT molecular complexity index is 203. The SMILES string of the molecule is OC(CC1CCC1)C1=CCCCCC1. The molecule has 1 saturated carbocycles. The first kappa shape index (κ1) is 10.2. The van der Waals surface area contributed by atoms with Crippen LogP contribution < -0.4 is 0 Å². The Morgan fingerprint density at radius 3 is 2.79 bits per heavy atom. The van der Waals surface area contributed by atoms with Gasteiger partial charge in [-0.25, -0.2) is 0 Å². The van der Waals surface area contributed by atoms with Crippen LogP contribution >= 0.6 is 0 Å². The van der Waals surface area contributed by atoms with Crippen LogP contribution in [0.25, 0.3) is 0 Å². The summed E-state index contributed by atoms with van der Waals surface area (Å²) >= 11 is 0. The van der Waals surface area contributed by atoms with E-state index < -0.39 is 0 Å². The van der Waals surface area contributed by atoms with E-state index in [0.717, 1.165) is 18.8 Å². The maximum Gasteiger partial charge on any atom is 0.0752 e. The van der Waals surface area contributed by atoms with Gasteiger partial charge in [0.2, 0.25) is 0 Å². The molecule has 0 spiro atoms. The van der Waals surface area contributed by atoms with Gasteiger partial charge in [-0.1, -0.05) is 31.8 Å². The largest absolute Gasteiger partial charge is 0.389 e. The van der Waals surface area contributed by atoms with E-state index in [4.69, 9.17) is 0 Å². The van der Waals surface area contributed by atoms with Gasteiger partial charge in [0.15, 0.2) is 0 Å². The molecule has 1 N–H and O–H groups in total. The fourth-order valence-electron chi connectivity index (χ4n) is 2.54. The molecule has 0 amide bonds. The van der Waals surface area contributed by atoms with Crippen molar-refractivity contribution in [2.75, 3.05) is 0 Å². The molecule has 1 fully saturated rings. The van der Waals surface area contributed by atoms with Gasteiger partial charge in [-0.15, -0.1) is 0 Å². The molecule has 0 aromatic heterocycles. The van der Waals surface area contributed by atoms with Crippen LogP contribution in [0.3, 0.4) is 0 Å². The minimum atomic E-state index is -0.113. The highest BCUT2D eigenvalue weighted by molar-refractivity contribution is 5.09. The van der Waals surface area contributed by atoms with Crippen molar-refractivity contribution in [3.8, 4) is 0 Å². The van der Waals surface area contributed by atoms with Gasteiger partial charge in [0.1, 0.15) is 0 Å². The second-order valence-corrected chi connectivity index (χ2v) is 4.93. The molecular weight excluding hydrogens is 172 g/mol. The van der Waals surface area contributed by atoms with Gasteiger partial charge >= 0.3 is 0 Å². The van der Waals surface area contributed by atoms with E-state index in [1.807, 2.05) is 0 Å². The molecule has 0 bridgehead atoms. The van der Waals surface area contributed by atoms with Crippen LogP contribution in [0.4, 0.5) is 0 Å². The summed E-state index contributed by atoms with van der Waals surface area (Å²) in [7, 11) is 0. The minimum absolute atomic E-state index is 0.113. The van der Waals surface area contributed by atoms with E-state index in [1.165, 1.54) is 50.5 Å². The highest BCUT2D eigenvalue weighted by atomic mass is 16.3. The number of hydrogen-bond donors (Lipinski definition) is 1. The second kappa shape index (κ2) is 4.97. The van der Waals surface area contributed by atoms with Crippen molar-refractivity contribution in [3.63, 3.8) is 0 Å². The predicted octanol–water partition coefficient (Wildman–Crippen LogP) is 3.43. The molecule has 0 aromatic carbocycles. The number of allylic oxidation sites excluding steroid dienone is 1. The van der Waals surface area contributed by atoms with Crippen molar-refractivity contribution in [2.24, 2.45) is 5.92 Å². The summed E-state index contributed by atoms with van der Waals surface area (Å²) in [6.07, 6.45) is 13.6. The molecule has 2 aliphatic rings. The summed E-state index contributed by atoms with van der Waals surface area (Å²) in [5, 5.41) is 10.1. The van der Waals surface area contributed by atoms with E-state index >= 15 is 0 Å². The summed E-state index contributed by atoms with van der Waals surface area (Å²) in [6.45, 7) is 0. The number of aliphatic hydroxyl groups is 1. The van der Waals surface area contributed by atoms with Crippen molar-refractivity contribution in [3.05, 3.63) is 11.6 Å². The number of aliphatic hydroxyl groups excluding tert-OH is 1. The van der Waals surface area contributed by atoms with Gasteiger partial charge in [-0.2, -0.15) is 0 Å². The average molecular weight is 194 g/mol. The van der Waals surface area contributed by atoms with Crippen molar-refractivity contribution in [1.29, 1.82) is 0 Å². The lowest BCUT2D eigenvalue weighted by Gasteiger charge is -2.28. The standard InChI is InChI=1S/C13H22O/c14-13(10-11-6-5-7-11)12-8-3-1-2-4-9-12/h8,11,13-14H,1-7,9-10H2. The molecule has 1 unspecified atom stereocenters. The minimum Gasteiger partial charge on any atom is -0.389 e. The molecule has 0 heterocycles. The maximum atomic E-state index is 10.1. The highest BCUT2D eigenvalue weighted by Crippen LogP contribution is 2.33. The third-order valence-corrected chi connectivity index (χ3v) is 3.79. The van der Waals surface area contributed by atoms with Crippen LogP contribution in [0.15, 0.2) is 11.6 Å². The Morgan fingerprint density at radius 2 is 2.07 bits per heavy atom. The molecule has 1 atom stereocenters. The Balaban J connectivity index is 1.81. The van der Waals surface area contributed by atoms with Crippen molar-refractivity contribution in [1.82, 2.24) is 0 Å². The maximum absolute atomic E-state index is 10.1. The summed E-state index contributed by atoms with van der Waals surface area (Å²) in [5.74, 6) is 0.828. The van der Waals surface area contributed by atoms with Gasteiger partial charge < -0.3 is 5.11 Å². The van der Waals surface area contributed by atoms with Crippen LogP contribution in [-0.2, 0) is 0 Å². The molecular formula is C13H22O. The van der Waals surface area contributed by atoms with E-state index in [1.54, 1.807) is 0 Å². The summed E-state index contributed by atoms with van der Waals surface area (Å²) in [5.41, 5.74) is 1.34. The zero-order chi connectivity index (χ0) is 9.80. The van der Waals surface area contributed by atoms with Crippen LogP contribution in [-0.4, -0.2) is 11.2 Å². The van der Waals surface area contributed by atoms with E-state index in [2.05, 4.69) is 6.08 Å². The van der Waals surface area contributed by atoms with E-state index in [9.17, 15) is 5.11 Å². The number of hydrogen-bond acceptors (Lipinski definition) is 1. The topological polar surface area (TPSA) is 20.2 Å². The van der Waals surface area contributed by atoms with Gasteiger partial charge in [-0.3, -0.25) is 0 Å². The average Bonchev–Trinajstić information content (AvgIpc) is 2.38. The van der Waals surface area contributed by atoms with Crippen molar-refractivity contribution >= 4 is 0 Å². The molecule has 0 saturated heterocycles. The molecule has 14 heavy (non-hydrogen) atoms. The highest BCUT2D eigenvalue weighted by Gasteiger charge is 2.22. The van der Waals surface area contributed by atoms with Gasteiger partial charge in [0.05, 0.1) is 6.10 Å². The monoisotopic (exact) mass is 194 g/mol. The Hall–Kier alpha value is -0.300. The fraction of sp³-hybridized carbons (Fsp3) is 0.846. The van der Waals surface area contributed by atoms with Gasteiger partial charge in [0, 0.05) is 0 Å². The summed E-state index contributed by atoms with van der Waals surface area (Å²) in [4.78, 5) is 0. The number of rotatable bonds is 3. The van der Waals surface area contributed by atoms with Crippen LogP contribution in [0.1, 0.15) is 57.8 Å². The molecule has 2 rings (SSSR count). The first-order chi connectivity index (χ1) is 6.86. The molecule has 80 valence electrons. The third-order valence-electron chi connectivity index (χ3n) is 3.79. The summed E-state index contributed by atoms with van der Waals surface area (Å²) in [6, 6.07) is 0. The Kier molecular flexibility index (Phi) is 3.63. The molecule has 1 heteroatoms. The third kappa shape index (κ3) is 2.60. The van der Waals surface area contributed by atoms with E-state index in [-0.39, 0.29) is 6.10 Å². The van der Waals surface area contributed by atoms with Crippen molar-refractivity contribution in [2.45, 2.75) is 63.9 Å². The lowest BCUT2D eigenvalue weighted by Crippen LogP contribution is -2.20. The Labute approximate surface area is 87.2 Å². The zero-order valence-electron chi connectivity index (χ0n) is 9.04. The van der Waals surface area contributed by atoms with Crippen molar-refractivity contribution < 1.29 is 5.11 Å². The zero-order valence-corrected chi connectivity index (χ0v) is 9.04. The molecule has 0 aliphatic heterocycles. The molecule has 0 radical (unpaired) electrons. The van der Waals surface area contributed by atoms with Gasteiger partial charge in [-0.05, 0) is 43.6 Å². The first-order valence-corrected chi connectivity index (χ1v) is 6.23. The lowest BCUT2D eigenvalue weighted by atomic mass is 9.80. The predicted molar refractivity (Wildman–Crippen MR) is 59.1 cm³/mol. The molecule has 0 aromatic rings. The van der Waals surface area contributed by atoms with Crippen LogP contribution in [0.5, 0.6) is 0 Å². The van der Waals surface area contributed by atoms with E-state index in [0.29, 0.717) is 0 Å². The second-order valence-electron chi connectivity index (χ2n) is 4.93. The van der Waals surface area contributed by atoms with Crippen LogP contribution in [0, 0.1) is 5.92 Å². The summed E-state index contributed by atoms with van der Waals surface area (Å²) < 4.78 is 0. The smallest absolute Gasteiger partial charge is 0.0752 e. The normalized spacial score (nSPS) is 26.2. The molecule has 1 nitrogen and oxygen atoms in total. The molecule has 2 aliphatic carbocycles. The fourth-order valence-corrected chi connectivity index (χ4v) is 2.54. The quantitative estimate of drug-likeness (QED) is 0.682. The van der Waals surface area contributed by atoms with Gasteiger partial charge in [0.25, 0.3) is 0 Å². The van der Waals surface area contributed by atoms with Crippen LogP contribution in [0.2, 0.25) is 0 Å². The first-order valence-electron chi connectivity index (χ1n) is 6.23. The lowest BCUT2D eigenvalue weighted by molar-refractivity contribution is 0.142.